The van der Waals surface area contributed by atoms with Crippen LogP contribution < -0.4 is 0 Å². The lowest BCUT2D eigenvalue weighted by Gasteiger charge is -2.47. The third-order valence-corrected chi connectivity index (χ3v) is 5.92. The van der Waals surface area contributed by atoms with Gasteiger partial charge in [-0.05, 0) is 6.92 Å². The first-order chi connectivity index (χ1) is 13.0. The van der Waals surface area contributed by atoms with E-state index in [0.717, 1.165) is 0 Å². The van der Waals surface area contributed by atoms with Crippen molar-refractivity contribution in [2.24, 2.45) is 5.92 Å². The summed E-state index contributed by atoms with van der Waals surface area (Å²) in [5, 5.41) is 60.8. The predicted molar refractivity (Wildman–Crippen MR) is 88.4 cm³/mol. The van der Waals surface area contributed by atoms with Crippen LogP contribution in [0.4, 0.5) is 0 Å². The normalized spacial score (nSPS) is 51.6. The van der Waals surface area contributed by atoms with E-state index in [1.54, 1.807) is 6.92 Å². The summed E-state index contributed by atoms with van der Waals surface area (Å²) in [6.07, 6.45) is -9.98. The van der Waals surface area contributed by atoms with Crippen molar-refractivity contribution in [2.75, 3.05) is 13.2 Å². The molecule has 28 heavy (non-hydrogen) atoms. The molecule has 1 saturated carbocycles. The number of aliphatic hydroxyl groups excluding tert-OH is 5. The summed E-state index contributed by atoms with van der Waals surface area (Å²) in [7, 11) is 0. The molecule has 0 aromatic heterocycles. The number of rotatable bonds is 4. The molecule has 2 saturated heterocycles. The lowest BCUT2D eigenvalue weighted by atomic mass is 9.79. The molecule has 0 radical (unpaired) electrons. The van der Waals surface area contributed by atoms with Crippen molar-refractivity contribution in [3.05, 3.63) is 0 Å². The minimum Gasteiger partial charge on any atom is -0.459 e. The molecule has 0 unspecified atom stereocenters. The molecule has 11 nitrogen and oxygen atoms in total. The highest BCUT2D eigenvalue weighted by Crippen LogP contribution is 2.52. The van der Waals surface area contributed by atoms with E-state index in [9.17, 15) is 35.4 Å². The maximum absolute atomic E-state index is 11.6. The lowest BCUT2D eigenvalue weighted by molar-refractivity contribution is -0.367. The largest absolute Gasteiger partial charge is 0.459 e. The minimum atomic E-state index is -1.67. The van der Waals surface area contributed by atoms with Crippen molar-refractivity contribution in [1.29, 1.82) is 0 Å². The zero-order valence-electron chi connectivity index (χ0n) is 15.7. The Morgan fingerprint density at radius 3 is 2.43 bits per heavy atom. The van der Waals surface area contributed by atoms with Gasteiger partial charge in [-0.3, -0.25) is 4.79 Å². The molecule has 0 bridgehead atoms. The number of aliphatic hydroxyl groups is 6. The van der Waals surface area contributed by atoms with Gasteiger partial charge in [0, 0.05) is 19.8 Å². The average Bonchev–Trinajstić information content (AvgIpc) is 2.81. The van der Waals surface area contributed by atoms with Gasteiger partial charge >= 0.3 is 5.97 Å². The molecule has 2 heterocycles. The van der Waals surface area contributed by atoms with Crippen molar-refractivity contribution < 1.29 is 54.4 Å². The van der Waals surface area contributed by atoms with Crippen LogP contribution in [-0.4, -0.2) is 104 Å². The second-order valence-corrected chi connectivity index (χ2v) is 7.92. The number of carbonyl (C=O) groups is 1. The van der Waals surface area contributed by atoms with Crippen LogP contribution in [0.1, 0.15) is 26.7 Å². The number of ether oxygens (including phenoxy) is 4. The van der Waals surface area contributed by atoms with E-state index in [-0.39, 0.29) is 19.4 Å². The minimum absolute atomic E-state index is 0.0162. The molecule has 3 fully saturated rings. The van der Waals surface area contributed by atoms with Crippen molar-refractivity contribution in [1.82, 2.24) is 0 Å². The van der Waals surface area contributed by atoms with Crippen LogP contribution in [0.5, 0.6) is 0 Å². The average molecular weight is 408 g/mol. The highest BCUT2D eigenvalue weighted by atomic mass is 16.8. The number of hydrogen-bond acceptors (Lipinski definition) is 11. The van der Waals surface area contributed by atoms with Gasteiger partial charge in [-0.1, -0.05) is 0 Å². The predicted octanol–water partition coefficient (Wildman–Crippen LogP) is -3.02. The first kappa shape index (κ1) is 21.8. The fourth-order valence-corrected chi connectivity index (χ4v) is 4.57. The standard InChI is InChI=1S/C17H28O11/c1-7(19)28-16(2)5-9(20)17(24)3-4-25-15(13(16)17)27-14-12(23)11(22)10(21)8(6-18)26-14/h8-15,18,20-24H,3-6H2,1-2H3/t8-,9-,10-,11+,12-,13-,14+,15+,16+,17-/m1/s1. The molecule has 0 spiro atoms. The van der Waals surface area contributed by atoms with E-state index in [1.165, 1.54) is 6.92 Å². The second kappa shape index (κ2) is 7.74. The molecule has 3 aliphatic rings. The van der Waals surface area contributed by atoms with E-state index in [2.05, 4.69) is 0 Å². The van der Waals surface area contributed by atoms with Crippen molar-refractivity contribution in [3.8, 4) is 0 Å². The highest BCUT2D eigenvalue weighted by molar-refractivity contribution is 5.66. The summed E-state index contributed by atoms with van der Waals surface area (Å²) in [5.41, 5.74) is -2.99. The van der Waals surface area contributed by atoms with Gasteiger partial charge in [-0.25, -0.2) is 0 Å². The summed E-state index contributed by atoms with van der Waals surface area (Å²) in [5.74, 6) is -1.63. The number of carbonyl (C=O) groups excluding carboxylic acids is 1. The molecule has 0 aromatic carbocycles. The molecule has 0 aromatic rings. The monoisotopic (exact) mass is 408 g/mol. The number of hydrogen-bond donors (Lipinski definition) is 6. The Kier molecular flexibility index (Phi) is 6.03. The molecule has 0 amide bonds. The summed E-state index contributed by atoms with van der Waals surface area (Å²) >= 11 is 0. The Morgan fingerprint density at radius 1 is 1.14 bits per heavy atom. The van der Waals surface area contributed by atoms with Gasteiger partial charge in [-0.15, -0.1) is 0 Å². The van der Waals surface area contributed by atoms with Crippen LogP contribution in [0, 0.1) is 5.92 Å². The van der Waals surface area contributed by atoms with E-state index in [0.29, 0.717) is 0 Å². The fourth-order valence-electron chi connectivity index (χ4n) is 4.57. The van der Waals surface area contributed by atoms with Crippen LogP contribution in [0.15, 0.2) is 0 Å². The Hall–Kier alpha value is -0.890. The maximum atomic E-state index is 11.6. The van der Waals surface area contributed by atoms with Gasteiger partial charge < -0.3 is 49.6 Å². The molecule has 6 N–H and O–H groups in total. The molecule has 11 heteroatoms. The number of esters is 1. The third-order valence-electron chi connectivity index (χ3n) is 5.92. The Balaban J connectivity index is 1.85. The van der Waals surface area contributed by atoms with Crippen LogP contribution in [-0.2, 0) is 23.7 Å². The Bertz CT molecular complexity index is 585. The van der Waals surface area contributed by atoms with Crippen molar-refractivity contribution >= 4 is 5.97 Å². The molecule has 162 valence electrons. The quantitative estimate of drug-likeness (QED) is 0.261. The van der Waals surface area contributed by atoms with Gasteiger partial charge in [0.15, 0.2) is 12.6 Å². The lowest BCUT2D eigenvalue weighted by Crippen LogP contribution is -2.63. The third kappa shape index (κ3) is 3.55. The van der Waals surface area contributed by atoms with E-state index < -0.39 is 72.8 Å². The molecule has 3 rings (SSSR count). The summed E-state index contributed by atoms with van der Waals surface area (Å²) in [6.45, 7) is 2.13. The fraction of sp³-hybridized carbons (Fsp3) is 0.941. The summed E-state index contributed by atoms with van der Waals surface area (Å²) < 4.78 is 21.9. The topological polar surface area (TPSA) is 175 Å². The maximum Gasteiger partial charge on any atom is 0.303 e. The molecular weight excluding hydrogens is 380 g/mol. The molecule has 10 atom stereocenters. The van der Waals surface area contributed by atoms with Crippen molar-refractivity contribution in [3.63, 3.8) is 0 Å². The van der Waals surface area contributed by atoms with Gasteiger partial charge in [0.1, 0.15) is 35.6 Å². The smallest absolute Gasteiger partial charge is 0.303 e. The first-order valence-electron chi connectivity index (χ1n) is 9.21. The Labute approximate surface area is 161 Å². The van der Waals surface area contributed by atoms with Crippen LogP contribution in [0.3, 0.4) is 0 Å². The molecular formula is C17H28O11. The van der Waals surface area contributed by atoms with Gasteiger partial charge in [-0.2, -0.15) is 0 Å². The van der Waals surface area contributed by atoms with E-state index in [4.69, 9.17) is 18.9 Å². The molecule has 2 aliphatic heterocycles. The SMILES string of the molecule is CC(=O)O[C@@]1(C)C[C@@H](O)[C@]2(O)CCO[C@@H](O[C@@H]3O[C@H](CO)[C@@H](O)[C@H](O)[C@H]3O)[C@@H]21. The molecule has 1 aliphatic carbocycles. The van der Waals surface area contributed by atoms with Crippen LogP contribution in [0.25, 0.3) is 0 Å². The van der Waals surface area contributed by atoms with Gasteiger partial charge in [0.2, 0.25) is 0 Å². The van der Waals surface area contributed by atoms with Crippen LogP contribution in [0.2, 0.25) is 0 Å². The van der Waals surface area contributed by atoms with Crippen molar-refractivity contribution in [2.45, 2.75) is 81.0 Å². The van der Waals surface area contributed by atoms with Gasteiger partial charge in [0.05, 0.1) is 25.2 Å². The highest BCUT2D eigenvalue weighted by Gasteiger charge is 2.67. The van der Waals surface area contributed by atoms with Crippen LogP contribution >= 0.6 is 0 Å². The second-order valence-electron chi connectivity index (χ2n) is 7.92. The van der Waals surface area contributed by atoms with E-state index >= 15 is 0 Å². The summed E-state index contributed by atoms with van der Waals surface area (Å²) in [6, 6.07) is 0. The zero-order valence-corrected chi connectivity index (χ0v) is 15.7. The van der Waals surface area contributed by atoms with Gasteiger partial charge in [0.25, 0.3) is 0 Å². The number of fused-ring (bicyclic) bond motifs is 1. The summed E-state index contributed by atoms with van der Waals surface area (Å²) in [4.78, 5) is 11.6. The Morgan fingerprint density at radius 2 is 1.82 bits per heavy atom. The first-order valence-corrected chi connectivity index (χ1v) is 9.21. The zero-order chi connectivity index (χ0) is 20.9. The van der Waals surface area contributed by atoms with E-state index in [1.807, 2.05) is 0 Å².